The van der Waals surface area contributed by atoms with Crippen LogP contribution in [0.1, 0.15) is 12.0 Å². The maximum atomic E-state index is 12.6. The first kappa shape index (κ1) is 29.5. The number of aliphatic hydroxyl groups excluding tert-OH is 5. The second kappa shape index (κ2) is 13.1. The Kier molecular flexibility index (Phi) is 10.2. The number of ether oxygens (including phenoxy) is 5. The van der Waals surface area contributed by atoms with Crippen molar-refractivity contribution in [2.24, 2.45) is 0 Å². The fourth-order valence-corrected chi connectivity index (χ4v) is 4.29. The van der Waals surface area contributed by atoms with Gasteiger partial charge in [-0.1, -0.05) is 6.07 Å². The Morgan fingerprint density at radius 2 is 1.92 bits per heavy atom. The lowest BCUT2D eigenvalue weighted by Crippen LogP contribution is -2.61. The SMILES string of the molecule is COc1cc(C=CC(=O)O[C@H]2[C@H](O[C@@H]3C[C@H](OC)[C@H](O)[C@@H](O)C3=CC#N)O[C@H](CO)[C@@H](O)[C@@H]2O)ccc1O. The van der Waals surface area contributed by atoms with Gasteiger partial charge in [-0.3, -0.25) is 0 Å². The predicted octanol–water partition coefficient (Wildman–Crippen LogP) is -1.26. The normalized spacial score (nSPS) is 34.7. The number of phenols is 1. The van der Waals surface area contributed by atoms with Crippen molar-refractivity contribution in [3.8, 4) is 17.6 Å². The van der Waals surface area contributed by atoms with E-state index in [0.29, 0.717) is 5.56 Å². The van der Waals surface area contributed by atoms with Crippen molar-refractivity contribution < 1.29 is 59.1 Å². The molecule has 38 heavy (non-hydrogen) atoms. The number of aromatic hydroxyl groups is 1. The Labute approximate surface area is 218 Å². The minimum atomic E-state index is -1.74. The molecule has 1 heterocycles. The highest BCUT2D eigenvalue weighted by Crippen LogP contribution is 2.33. The van der Waals surface area contributed by atoms with Gasteiger partial charge in [-0.15, -0.1) is 0 Å². The number of hydrogen-bond donors (Lipinski definition) is 6. The summed E-state index contributed by atoms with van der Waals surface area (Å²) in [6.07, 6.45) is -9.29. The molecule has 0 bridgehead atoms. The second-order valence-corrected chi connectivity index (χ2v) is 8.72. The number of aliphatic hydroxyl groups is 5. The van der Waals surface area contributed by atoms with Crippen LogP contribution in [0.15, 0.2) is 35.9 Å². The van der Waals surface area contributed by atoms with Crippen molar-refractivity contribution in [3.05, 3.63) is 41.5 Å². The van der Waals surface area contributed by atoms with E-state index in [1.54, 1.807) is 6.07 Å². The topological polar surface area (TPSA) is 208 Å². The number of carbonyl (C=O) groups excluding carboxylic acids is 1. The molecule has 0 aromatic heterocycles. The first-order valence-corrected chi connectivity index (χ1v) is 11.7. The Balaban J connectivity index is 1.83. The lowest BCUT2D eigenvalue weighted by molar-refractivity contribution is -0.314. The molecule has 2 aliphatic rings. The number of nitriles is 1. The summed E-state index contributed by atoms with van der Waals surface area (Å²) in [5, 5.41) is 70.2. The highest BCUT2D eigenvalue weighted by atomic mass is 16.7. The summed E-state index contributed by atoms with van der Waals surface area (Å²) in [5.74, 6) is -0.865. The van der Waals surface area contributed by atoms with Crippen LogP contribution in [0.4, 0.5) is 0 Å². The standard InChI is InChI=1S/C25H31NO12/c1-34-16-9-12(3-5-14(16)28)4-6-19(29)38-24-23(33)22(32)18(11-27)37-25(24)36-15-10-17(35-2)21(31)20(30)13(15)7-8-26/h3-7,9,15,17-18,20-25,27-28,30-33H,10-11H2,1-2H3/t15-,17+,18-,20+,21+,22-,23+,24-,25-/m1/s1. The number of benzene rings is 1. The van der Waals surface area contributed by atoms with Gasteiger partial charge in [0.05, 0.1) is 32.0 Å². The summed E-state index contributed by atoms with van der Waals surface area (Å²) in [6.45, 7) is -0.699. The molecule has 3 rings (SSSR count). The van der Waals surface area contributed by atoms with Crippen molar-refractivity contribution in [2.45, 2.75) is 61.5 Å². The third-order valence-electron chi connectivity index (χ3n) is 6.39. The Morgan fingerprint density at radius 3 is 2.55 bits per heavy atom. The fraction of sp³-hybridized carbons (Fsp3) is 0.520. The molecular weight excluding hydrogens is 506 g/mol. The van der Waals surface area contributed by atoms with E-state index in [2.05, 4.69) is 0 Å². The molecule has 208 valence electrons. The molecule has 0 spiro atoms. The molecule has 0 amide bonds. The third kappa shape index (κ3) is 6.49. The molecule has 1 aromatic rings. The van der Waals surface area contributed by atoms with E-state index < -0.39 is 67.7 Å². The zero-order valence-corrected chi connectivity index (χ0v) is 20.7. The molecule has 1 saturated heterocycles. The van der Waals surface area contributed by atoms with Crippen LogP contribution in [0.3, 0.4) is 0 Å². The summed E-state index contributed by atoms with van der Waals surface area (Å²) in [5.41, 5.74) is 0.487. The highest BCUT2D eigenvalue weighted by molar-refractivity contribution is 5.87. The first-order valence-electron chi connectivity index (χ1n) is 11.7. The van der Waals surface area contributed by atoms with Crippen LogP contribution in [-0.2, 0) is 23.7 Å². The Morgan fingerprint density at radius 1 is 1.18 bits per heavy atom. The van der Waals surface area contributed by atoms with E-state index in [1.165, 1.54) is 38.5 Å². The van der Waals surface area contributed by atoms with E-state index >= 15 is 0 Å². The van der Waals surface area contributed by atoms with E-state index in [9.17, 15) is 35.4 Å². The molecule has 0 unspecified atom stereocenters. The zero-order valence-electron chi connectivity index (χ0n) is 20.7. The Bertz CT molecular complexity index is 1070. The van der Waals surface area contributed by atoms with Gasteiger partial charge < -0.3 is 54.3 Å². The smallest absolute Gasteiger partial charge is 0.331 e. The van der Waals surface area contributed by atoms with E-state index in [1.807, 2.05) is 0 Å². The van der Waals surface area contributed by atoms with Crippen LogP contribution in [0.5, 0.6) is 11.5 Å². The molecule has 2 fully saturated rings. The highest BCUT2D eigenvalue weighted by Gasteiger charge is 2.50. The van der Waals surface area contributed by atoms with Crippen LogP contribution in [-0.4, -0.2) is 113 Å². The minimum Gasteiger partial charge on any atom is -0.504 e. The van der Waals surface area contributed by atoms with Gasteiger partial charge in [0.15, 0.2) is 23.9 Å². The molecule has 9 atom stereocenters. The van der Waals surface area contributed by atoms with Crippen molar-refractivity contribution >= 4 is 12.0 Å². The van der Waals surface area contributed by atoms with Crippen LogP contribution < -0.4 is 4.74 Å². The number of hydrogen-bond acceptors (Lipinski definition) is 13. The summed E-state index contributed by atoms with van der Waals surface area (Å²) in [4.78, 5) is 12.6. The van der Waals surface area contributed by atoms with Crippen molar-refractivity contribution in [1.29, 1.82) is 5.26 Å². The van der Waals surface area contributed by atoms with E-state index in [-0.39, 0.29) is 23.5 Å². The van der Waals surface area contributed by atoms with Gasteiger partial charge in [0.25, 0.3) is 0 Å². The van der Waals surface area contributed by atoms with E-state index in [0.717, 1.165) is 12.2 Å². The Hall–Kier alpha value is -3.06. The van der Waals surface area contributed by atoms with Gasteiger partial charge in [0, 0.05) is 31.3 Å². The number of nitrogens with zero attached hydrogens (tertiary/aromatic N) is 1. The van der Waals surface area contributed by atoms with Crippen LogP contribution in [0.2, 0.25) is 0 Å². The molecule has 1 aromatic carbocycles. The molecule has 6 N–H and O–H groups in total. The van der Waals surface area contributed by atoms with Crippen LogP contribution in [0, 0.1) is 11.3 Å². The molecule has 13 heteroatoms. The number of rotatable bonds is 8. The summed E-state index contributed by atoms with van der Waals surface area (Å²) in [6, 6.07) is 6.12. The van der Waals surface area contributed by atoms with Gasteiger partial charge in [-0.05, 0) is 23.8 Å². The van der Waals surface area contributed by atoms with Crippen LogP contribution >= 0.6 is 0 Å². The summed E-state index contributed by atoms with van der Waals surface area (Å²) in [7, 11) is 2.68. The van der Waals surface area contributed by atoms with Gasteiger partial charge in [0.1, 0.15) is 30.5 Å². The summed E-state index contributed by atoms with van der Waals surface area (Å²) >= 11 is 0. The predicted molar refractivity (Wildman–Crippen MR) is 127 cm³/mol. The van der Waals surface area contributed by atoms with Crippen LogP contribution in [0.25, 0.3) is 6.08 Å². The number of esters is 1. The quantitative estimate of drug-likeness (QED) is 0.130. The van der Waals surface area contributed by atoms with Gasteiger partial charge >= 0.3 is 5.97 Å². The maximum Gasteiger partial charge on any atom is 0.331 e. The minimum absolute atomic E-state index is 0.00399. The van der Waals surface area contributed by atoms with Crippen molar-refractivity contribution in [3.63, 3.8) is 0 Å². The lowest BCUT2D eigenvalue weighted by atomic mass is 9.84. The van der Waals surface area contributed by atoms with Gasteiger partial charge in [-0.2, -0.15) is 5.26 Å². The van der Waals surface area contributed by atoms with Crippen molar-refractivity contribution in [1.82, 2.24) is 0 Å². The molecule has 1 aliphatic heterocycles. The average Bonchev–Trinajstić information content (AvgIpc) is 2.91. The number of carbonyl (C=O) groups is 1. The average molecular weight is 538 g/mol. The number of phenolic OH excluding ortho intramolecular Hbond substituents is 1. The number of allylic oxidation sites excluding steroid dienone is 1. The summed E-state index contributed by atoms with van der Waals surface area (Å²) < 4.78 is 27.0. The largest absolute Gasteiger partial charge is 0.504 e. The third-order valence-corrected chi connectivity index (χ3v) is 6.39. The molecule has 1 saturated carbocycles. The maximum absolute atomic E-state index is 12.6. The zero-order chi connectivity index (χ0) is 28.0. The van der Waals surface area contributed by atoms with Gasteiger partial charge in [-0.25, -0.2) is 4.79 Å². The number of methoxy groups -OCH3 is 2. The van der Waals surface area contributed by atoms with Crippen molar-refractivity contribution in [2.75, 3.05) is 20.8 Å². The monoisotopic (exact) mass is 537 g/mol. The fourth-order valence-electron chi connectivity index (χ4n) is 4.29. The molecule has 0 radical (unpaired) electrons. The second-order valence-electron chi connectivity index (χ2n) is 8.72. The lowest BCUT2D eigenvalue weighted by Gasteiger charge is -2.44. The van der Waals surface area contributed by atoms with Gasteiger partial charge in [0.2, 0.25) is 0 Å². The molecule has 13 nitrogen and oxygen atoms in total. The first-order chi connectivity index (χ1) is 18.1. The molecule has 1 aliphatic carbocycles. The van der Waals surface area contributed by atoms with E-state index in [4.69, 9.17) is 28.9 Å². The molecular formula is C25H31NO12.